The quantitative estimate of drug-likeness (QED) is 0.310. The zero-order valence-corrected chi connectivity index (χ0v) is 22.1. The number of nitrogens with zero attached hydrogens (tertiary/aromatic N) is 1. The Hall–Kier alpha value is -4.92. The van der Waals surface area contributed by atoms with E-state index in [1.165, 1.54) is 12.1 Å². The highest BCUT2D eigenvalue weighted by Gasteiger charge is 2.67. The maximum absolute atomic E-state index is 14.1. The second kappa shape index (κ2) is 10.2. The second-order valence-electron chi connectivity index (χ2n) is 10.4. The number of anilines is 1. The first-order valence-electron chi connectivity index (χ1n) is 13.2. The van der Waals surface area contributed by atoms with Gasteiger partial charge >= 0.3 is 0 Å². The average molecular weight is 553 g/mol. The number of nitrogens with one attached hydrogen (secondary N) is 3. The van der Waals surface area contributed by atoms with E-state index in [2.05, 4.69) is 20.9 Å². The van der Waals surface area contributed by atoms with Crippen molar-refractivity contribution in [3.8, 4) is 11.1 Å². The number of benzene rings is 3. The van der Waals surface area contributed by atoms with Gasteiger partial charge in [0, 0.05) is 36.1 Å². The number of aromatic nitrogens is 1. The Morgan fingerprint density at radius 2 is 1.80 bits per heavy atom. The van der Waals surface area contributed by atoms with Gasteiger partial charge in [0.05, 0.1) is 23.1 Å². The van der Waals surface area contributed by atoms with Crippen LogP contribution in [0.15, 0.2) is 85.1 Å². The van der Waals surface area contributed by atoms with Gasteiger partial charge in [0.15, 0.2) is 0 Å². The first-order chi connectivity index (χ1) is 19.8. The van der Waals surface area contributed by atoms with Gasteiger partial charge < -0.3 is 16.0 Å². The van der Waals surface area contributed by atoms with Crippen LogP contribution in [0, 0.1) is 17.6 Å². The molecule has 1 fully saturated rings. The molecular weight excluding hydrogens is 526 g/mol. The van der Waals surface area contributed by atoms with Gasteiger partial charge in [-0.2, -0.15) is 0 Å². The van der Waals surface area contributed by atoms with Crippen molar-refractivity contribution in [1.29, 1.82) is 0 Å². The standard InChI is InChI=1S/C32H26F2N4O3/c1-35-29(39)20-7-4-6-19(15-20)23-8-5-11-36-28(23)27(14-18-12-21(33)16-22(34)13-18)37-30(40)25-17-32(25)24-9-2-3-10-26(24)38-31(32)41/h2-13,15-16,25,27H,14,17H2,1H3,(H,35,39)(H,37,40)(H,38,41)/t25?,27-,32?/m0/s1. The van der Waals surface area contributed by atoms with E-state index in [4.69, 9.17) is 0 Å². The van der Waals surface area contributed by atoms with Crippen molar-refractivity contribution in [2.24, 2.45) is 5.92 Å². The van der Waals surface area contributed by atoms with Crippen LogP contribution in [0.2, 0.25) is 0 Å². The lowest BCUT2D eigenvalue weighted by Crippen LogP contribution is -2.35. The number of rotatable bonds is 7. The fraction of sp³-hybridized carbons (Fsp3) is 0.188. The number of hydrogen-bond donors (Lipinski definition) is 3. The van der Waals surface area contributed by atoms with Crippen LogP contribution >= 0.6 is 0 Å². The van der Waals surface area contributed by atoms with Gasteiger partial charge in [-0.25, -0.2) is 8.78 Å². The highest BCUT2D eigenvalue weighted by atomic mass is 19.1. The zero-order chi connectivity index (χ0) is 28.7. The van der Waals surface area contributed by atoms with Crippen molar-refractivity contribution in [2.75, 3.05) is 12.4 Å². The lowest BCUT2D eigenvalue weighted by molar-refractivity contribution is -0.126. The molecule has 3 atom stereocenters. The summed E-state index contributed by atoms with van der Waals surface area (Å²) in [6, 6.07) is 20.3. The Morgan fingerprint density at radius 1 is 1.02 bits per heavy atom. The third-order valence-electron chi connectivity index (χ3n) is 7.85. The van der Waals surface area contributed by atoms with E-state index in [-0.39, 0.29) is 24.1 Å². The number of hydrogen-bond acceptors (Lipinski definition) is 4. The van der Waals surface area contributed by atoms with Crippen LogP contribution in [0.5, 0.6) is 0 Å². The molecule has 6 rings (SSSR count). The predicted octanol–water partition coefficient (Wildman–Crippen LogP) is 4.70. The van der Waals surface area contributed by atoms with Gasteiger partial charge in [-0.3, -0.25) is 19.4 Å². The first-order valence-corrected chi connectivity index (χ1v) is 13.2. The van der Waals surface area contributed by atoms with E-state index in [9.17, 15) is 23.2 Å². The van der Waals surface area contributed by atoms with Crippen LogP contribution in [-0.4, -0.2) is 29.8 Å². The minimum Gasteiger partial charge on any atom is -0.355 e. The van der Waals surface area contributed by atoms with Crippen molar-refractivity contribution in [3.63, 3.8) is 0 Å². The van der Waals surface area contributed by atoms with E-state index in [0.717, 1.165) is 11.6 Å². The van der Waals surface area contributed by atoms with E-state index in [1.807, 2.05) is 36.4 Å². The number of pyridine rings is 1. The maximum atomic E-state index is 14.1. The largest absolute Gasteiger partial charge is 0.355 e. The molecule has 206 valence electrons. The molecule has 1 aliphatic heterocycles. The molecule has 41 heavy (non-hydrogen) atoms. The van der Waals surface area contributed by atoms with Crippen LogP contribution in [0.1, 0.15) is 39.6 Å². The molecule has 2 unspecified atom stereocenters. The number of amides is 3. The van der Waals surface area contributed by atoms with E-state index in [0.29, 0.717) is 40.1 Å². The molecule has 2 aliphatic rings. The highest BCUT2D eigenvalue weighted by Crippen LogP contribution is 2.60. The predicted molar refractivity (Wildman–Crippen MR) is 149 cm³/mol. The molecule has 2 heterocycles. The summed E-state index contributed by atoms with van der Waals surface area (Å²) in [4.78, 5) is 43.6. The number of halogens is 2. The van der Waals surface area contributed by atoms with Gasteiger partial charge in [0.25, 0.3) is 5.91 Å². The fourth-order valence-electron chi connectivity index (χ4n) is 5.83. The lowest BCUT2D eigenvalue weighted by Gasteiger charge is -2.22. The number of para-hydroxylation sites is 1. The molecule has 4 aromatic rings. The minimum atomic E-state index is -0.940. The van der Waals surface area contributed by atoms with E-state index >= 15 is 0 Å². The summed E-state index contributed by atoms with van der Waals surface area (Å²) < 4.78 is 28.3. The molecule has 1 saturated carbocycles. The number of fused-ring (bicyclic) bond motifs is 2. The molecule has 9 heteroatoms. The summed E-state index contributed by atoms with van der Waals surface area (Å²) in [5.74, 6) is -2.90. The Morgan fingerprint density at radius 3 is 2.59 bits per heavy atom. The van der Waals surface area contributed by atoms with E-state index < -0.39 is 29.0 Å². The Balaban J connectivity index is 1.37. The van der Waals surface area contributed by atoms with Crippen LogP contribution in [0.4, 0.5) is 14.5 Å². The van der Waals surface area contributed by atoms with Crippen molar-refractivity contribution >= 4 is 23.4 Å². The molecule has 7 nitrogen and oxygen atoms in total. The van der Waals surface area contributed by atoms with Gasteiger partial charge in [0.2, 0.25) is 11.8 Å². The zero-order valence-electron chi connectivity index (χ0n) is 22.1. The summed E-state index contributed by atoms with van der Waals surface area (Å²) in [7, 11) is 1.54. The van der Waals surface area contributed by atoms with Crippen LogP contribution < -0.4 is 16.0 Å². The maximum Gasteiger partial charge on any atom is 0.251 e. The smallest absolute Gasteiger partial charge is 0.251 e. The van der Waals surface area contributed by atoms with Gasteiger partial charge in [0.1, 0.15) is 11.6 Å². The molecule has 1 aromatic heterocycles. The Bertz CT molecular complexity index is 1690. The highest BCUT2D eigenvalue weighted by molar-refractivity contribution is 6.12. The summed E-state index contributed by atoms with van der Waals surface area (Å²) in [6.45, 7) is 0. The van der Waals surface area contributed by atoms with Crippen molar-refractivity contribution < 1.29 is 23.2 Å². The molecule has 1 aliphatic carbocycles. The monoisotopic (exact) mass is 552 g/mol. The van der Waals surface area contributed by atoms with Crippen LogP contribution in [-0.2, 0) is 21.4 Å². The molecule has 3 amide bonds. The number of carbonyl (C=O) groups is 3. The van der Waals surface area contributed by atoms with Gasteiger partial charge in [-0.15, -0.1) is 0 Å². The molecule has 0 bridgehead atoms. The molecule has 3 N–H and O–H groups in total. The third kappa shape index (κ3) is 4.73. The average Bonchev–Trinajstić information content (AvgIpc) is 3.67. The van der Waals surface area contributed by atoms with Crippen molar-refractivity contribution in [3.05, 3.63) is 119 Å². The van der Waals surface area contributed by atoms with Crippen molar-refractivity contribution in [1.82, 2.24) is 15.6 Å². The van der Waals surface area contributed by atoms with Crippen LogP contribution in [0.3, 0.4) is 0 Å². The van der Waals surface area contributed by atoms with Gasteiger partial charge in [-0.1, -0.05) is 36.4 Å². The summed E-state index contributed by atoms with van der Waals surface area (Å²) >= 11 is 0. The summed E-state index contributed by atoms with van der Waals surface area (Å²) in [5, 5.41) is 8.52. The SMILES string of the molecule is CNC(=O)c1cccc(-c2cccnc2[C@H](Cc2cc(F)cc(F)c2)NC(=O)C2CC23C(=O)Nc2ccccc23)c1. The molecule has 3 aromatic carbocycles. The van der Waals surface area contributed by atoms with Gasteiger partial charge in [-0.05, 0) is 65.9 Å². The van der Waals surface area contributed by atoms with E-state index in [1.54, 1.807) is 37.5 Å². The lowest BCUT2D eigenvalue weighted by atomic mass is 9.93. The summed E-state index contributed by atoms with van der Waals surface area (Å²) in [5.41, 5.74) is 3.12. The fourth-order valence-corrected chi connectivity index (χ4v) is 5.83. The summed E-state index contributed by atoms with van der Waals surface area (Å²) in [6.07, 6.45) is 1.97. The normalized spacial score (nSPS) is 19.3. The topological polar surface area (TPSA) is 100 Å². The van der Waals surface area contributed by atoms with Crippen LogP contribution in [0.25, 0.3) is 11.1 Å². The Labute approximate surface area is 235 Å². The van der Waals surface area contributed by atoms with Crippen molar-refractivity contribution in [2.45, 2.75) is 24.3 Å². The second-order valence-corrected chi connectivity index (χ2v) is 10.4. The Kier molecular flexibility index (Phi) is 6.57. The number of carbonyl (C=O) groups excluding carboxylic acids is 3. The minimum absolute atomic E-state index is 0.0437. The molecule has 0 saturated heterocycles. The molecular formula is C32H26F2N4O3. The first kappa shape index (κ1) is 26.3. The molecule has 1 spiro atoms. The molecule has 0 radical (unpaired) electrons. The third-order valence-corrected chi connectivity index (χ3v) is 7.85.